The second kappa shape index (κ2) is 10.7. The first kappa shape index (κ1) is 23.7. The normalized spacial score (nSPS) is 15.1. The number of carbonyl (C=O) groups excluding carboxylic acids is 3. The van der Waals surface area contributed by atoms with Crippen LogP contribution in [-0.2, 0) is 14.3 Å². The Kier molecular flexibility index (Phi) is 7.43. The van der Waals surface area contributed by atoms with Gasteiger partial charge in [-0.05, 0) is 42.5 Å². The third kappa shape index (κ3) is 5.20. The maximum Gasteiger partial charge on any atom is 0.329 e. The van der Waals surface area contributed by atoms with Gasteiger partial charge in [-0.3, -0.25) is 14.9 Å². The molecule has 2 aromatic heterocycles. The Labute approximate surface area is 204 Å². The fourth-order valence-corrected chi connectivity index (χ4v) is 5.06. The van der Waals surface area contributed by atoms with Gasteiger partial charge in [0.15, 0.2) is 23.2 Å². The summed E-state index contributed by atoms with van der Waals surface area (Å²) in [4.78, 5) is 44.0. The Bertz CT molecular complexity index is 1180. The number of thiazole rings is 1. The van der Waals surface area contributed by atoms with Crippen LogP contribution in [0.4, 0.5) is 5.13 Å². The lowest BCUT2D eigenvalue weighted by Crippen LogP contribution is -2.41. The molecule has 1 N–H and O–H groups in total. The number of likely N-dealkylation sites (tertiary alicyclic amines) is 1. The van der Waals surface area contributed by atoms with E-state index in [0.29, 0.717) is 46.6 Å². The summed E-state index contributed by atoms with van der Waals surface area (Å²) in [6.45, 7) is 0.0301. The molecule has 178 valence electrons. The summed E-state index contributed by atoms with van der Waals surface area (Å²) in [5.74, 6) is -0.0958. The van der Waals surface area contributed by atoms with Gasteiger partial charge in [0.25, 0.3) is 11.8 Å². The number of carbonyl (C=O) groups is 3. The van der Waals surface area contributed by atoms with E-state index in [-0.39, 0.29) is 5.91 Å². The van der Waals surface area contributed by atoms with Crippen molar-refractivity contribution in [1.82, 2.24) is 9.88 Å². The molecule has 1 saturated heterocycles. The fourth-order valence-electron chi connectivity index (χ4n) is 3.64. The highest BCUT2D eigenvalue weighted by molar-refractivity contribution is 7.14. The van der Waals surface area contributed by atoms with Crippen LogP contribution in [0.2, 0.25) is 0 Å². The average Bonchev–Trinajstić information content (AvgIpc) is 3.63. The number of hydrogen-bond acceptors (Lipinski definition) is 9. The Morgan fingerprint density at radius 1 is 1.15 bits per heavy atom. The van der Waals surface area contributed by atoms with Crippen molar-refractivity contribution in [2.45, 2.75) is 18.9 Å². The molecule has 3 aromatic rings. The van der Waals surface area contributed by atoms with Crippen LogP contribution in [0, 0.1) is 0 Å². The summed E-state index contributed by atoms with van der Waals surface area (Å²) in [5.41, 5.74) is 1.46. The lowest BCUT2D eigenvalue weighted by molar-refractivity contribution is -0.151. The first-order valence-corrected chi connectivity index (χ1v) is 12.2. The SMILES string of the molecule is COc1ccc(-c2csc(NC(=O)COC(=O)C3CCCN3C(=O)c3cccs3)n2)cc1OC. The summed E-state index contributed by atoms with van der Waals surface area (Å²) >= 11 is 2.58. The zero-order chi connectivity index (χ0) is 24.1. The van der Waals surface area contributed by atoms with Crippen molar-refractivity contribution in [3.63, 3.8) is 0 Å². The van der Waals surface area contributed by atoms with Gasteiger partial charge < -0.3 is 19.1 Å². The molecule has 9 nitrogen and oxygen atoms in total. The van der Waals surface area contributed by atoms with E-state index in [1.165, 1.54) is 27.6 Å². The number of esters is 1. The van der Waals surface area contributed by atoms with Gasteiger partial charge in [-0.15, -0.1) is 22.7 Å². The van der Waals surface area contributed by atoms with E-state index in [9.17, 15) is 14.4 Å². The number of benzene rings is 1. The molecule has 11 heteroatoms. The number of hydrogen-bond donors (Lipinski definition) is 1. The number of amides is 2. The van der Waals surface area contributed by atoms with E-state index in [1.54, 1.807) is 43.9 Å². The molecule has 1 aromatic carbocycles. The Balaban J connectivity index is 1.32. The van der Waals surface area contributed by atoms with E-state index in [1.807, 2.05) is 11.4 Å². The molecule has 3 heterocycles. The minimum absolute atomic E-state index is 0.190. The highest BCUT2D eigenvalue weighted by Crippen LogP contribution is 2.33. The van der Waals surface area contributed by atoms with Crippen molar-refractivity contribution in [3.8, 4) is 22.8 Å². The van der Waals surface area contributed by atoms with Crippen LogP contribution >= 0.6 is 22.7 Å². The molecule has 0 spiro atoms. The number of nitrogens with one attached hydrogen (secondary N) is 1. The van der Waals surface area contributed by atoms with Crippen LogP contribution in [0.15, 0.2) is 41.1 Å². The van der Waals surface area contributed by atoms with Gasteiger partial charge in [0.1, 0.15) is 6.04 Å². The van der Waals surface area contributed by atoms with Gasteiger partial charge in [-0.25, -0.2) is 9.78 Å². The summed E-state index contributed by atoms with van der Waals surface area (Å²) in [5, 5.41) is 6.63. The van der Waals surface area contributed by atoms with Crippen LogP contribution < -0.4 is 14.8 Å². The van der Waals surface area contributed by atoms with E-state index >= 15 is 0 Å². The number of aromatic nitrogens is 1. The largest absolute Gasteiger partial charge is 0.493 e. The predicted octanol–water partition coefficient (Wildman–Crippen LogP) is 3.68. The van der Waals surface area contributed by atoms with Crippen LogP contribution in [0.5, 0.6) is 11.5 Å². The van der Waals surface area contributed by atoms with Crippen molar-refractivity contribution < 1.29 is 28.6 Å². The molecular weight excluding hydrogens is 478 g/mol. The molecular formula is C23H23N3O6S2. The van der Waals surface area contributed by atoms with Crippen molar-refractivity contribution in [3.05, 3.63) is 46.0 Å². The molecule has 0 radical (unpaired) electrons. The van der Waals surface area contributed by atoms with Crippen LogP contribution in [0.25, 0.3) is 11.3 Å². The second-order valence-electron chi connectivity index (χ2n) is 7.40. The van der Waals surface area contributed by atoms with Gasteiger partial charge in [0.2, 0.25) is 0 Å². The van der Waals surface area contributed by atoms with Gasteiger partial charge >= 0.3 is 5.97 Å². The third-order valence-electron chi connectivity index (χ3n) is 5.29. The van der Waals surface area contributed by atoms with Crippen molar-refractivity contribution >= 4 is 45.6 Å². The lowest BCUT2D eigenvalue weighted by Gasteiger charge is -2.22. The van der Waals surface area contributed by atoms with Crippen LogP contribution in [0.3, 0.4) is 0 Å². The number of nitrogens with zero attached hydrogens (tertiary/aromatic N) is 2. The number of thiophene rings is 1. The minimum Gasteiger partial charge on any atom is -0.493 e. The molecule has 1 aliphatic heterocycles. The molecule has 4 rings (SSSR count). The zero-order valence-electron chi connectivity index (χ0n) is 18.6. The lowest BCUT2D eigenvalue weighted by atomic mass is 10.1. The fraction of sp³-hybridized carbons (Fsp3) is 0.304. The molecule has 1 unspecified atom stereocenters. The molecule has 2 amide bonds. The Morgan fingerprint density at radius 3 is 2.71 bits per heavy atom. The summed E-state index contributed by atoms with van der Waals surface area (Å²) in [6.07, 6.45) is 1.22. The molecule has 1 fully saturated rings. The molecule has 0 aliphatic carbocycles. The first-order valence-electron chi connectivity index (χ1n) is 10.5. The van der Waals surface area contributed by atoms with E-state index in [2.05, 4.69) is 10.3 Å². The second-order valence-corrected chi connectivity index (χ2v) is 9.20. The van der Waals surface area contributed by atoms with Crippen molar-refractivity contribution in [2.24, 2.45) is 0 Å². The van der Waals surface area contributed by atoms with Crippen LogP contribution in [-0.4, -0.2) is 61.1 Å². The van der Waals surface area contributed by atoms with Crippen LogP contribution in [0.1, 0.15) is 22.5 Å². The summed E-state index contributed by atoms with van der Waals surface area (Å²) < 4.78 is 15.8. The highest BCUT2D eigenvalue weighted by atomic mass is 32.1. The van der Waals surface area contributed by atoms with Gasteiger partial charge in [-0.2, -0.15) is 0 Å². The number of ether oxygens (including phenoxy) is 3. The summed E-state index contributed by atoms with van der Waals surface area (Å²) in [6, 6.07) is 8.26. The van der Waals surface area contributed by atoms with Crippen molar-refractivity contribution in [1.29, 1.82) is 0 Å². The van der Waals surface area contributed by atoms with Gasteiger partial charge in [-0.1, -0.05) is 6.07 Å². The molecule has 1 atom stereocenters. The highest BCUT2D eigenvalue weighted by Gasteiger charge is 2.36. The molecule has 0 saturated carbocycles. The smallest absolute Gasteiger partial charge is 0.329 e. The third-order valence-corrected chi connectivity index (χ3v) is 6.91. The van der Waals surface area contributed by atoms with E-state index in [0.717, 1.165) is 5.56 Å². The van der Waals surface area contributed by atoms with Gasteiger partial charge in [0.05, 0.1) is 24.8 Å². The predicted molar refractivity (Wildman–Crippen MR) is 129 cm³/mol. The quantitative estimate of drug-likeness (QED) is 0.469. The first-order chi connectivity index (χ1) is 16.5. The Morgan fingerprint density at radius 2 is 1.97 bits per heavy atom. The van der Waals surface area contributed by atoms with E-state index < -0.39 is 24.5 Å². The molecule has 1 aliphatic rings. The molecule has 34 heavy (non-hydrogen) atoms. The minimum atomic E-state index is -0.682. The summed E-state index contributed by atoms with van der Waals surface area (Å²) in [7, 11) is 3.12. The zero-order valence-corrected chi connectivity index (χ0v) is 20.2. The monoisotopic (exact) mass is 501 g/mol. The Hall–Kier alpha value is -3.44. The average molecular weight is 502 g/mol. The topological polar surface area (TPSA) is 107 Å². The van der Waals surface area contributed by atoms with Crippen molar-refractivity contribution in [2.75, 3.05) is 32.7 Å². The maximum absolute atomic E-state index is 12.6. The number of methoxy groups -OCH3 is 2. The van der Waals surface area contributed by atoms with E-state index in [4.69, 9.17) is 14.2 Å². The number of rotatable bonds is 8. The number of anilines is 1. The standard InChI is InChI=1S/C23H23N3O6S2/c1-30-17-8-7-14(11-18(17)31-2)15-13-34-23(24-15)25-20(27)12-32-22(29)16-5-3-9-26(16)21(28)19-6-4-10-33-19/h4,6-8,10-11,13,16H,3,5,9,12H2,1-2H3,(H,24,25,27). The van der Waals surface area contributed by atoms with Gasteiger partial charge in [0, 0.05) is 17.5 Å². The molecule has 0 bridgehead atoms. The maximum atomic E-state index is 12.6.